The van der Waals surface area contributed by atoms with Gasteiger partial charge >= 0.3 is 5.76 Å². The van der Waals surface area contributed by atoms with Gasteiger partial charge < -0.3 is 20.0 Å². The Morgan fingerprint density at radius 2 is 1.83 bits per heavy atom. The van der Waals surface area contributed by atoms with Crippen molar-refractivity contribution in [1.82, 2.24) is 15.2 Å². The number of piperidine rings is 1. The topological polar surface area (TPSA) is 111 Å². The average Bonchev–Trinajstić information content (AvgIpc) is 2.76. The summed E-state index contributed by atoms with van der Waals surface area (Å²) in [5, 5.41) is 16.9. The Bertz CT molecular complexity index is 1130. The van der Waals surface area contributed by atoms with E-state index in [9.17, 15) is 14.9 Å². The number of para-hydroxylation sites is 1. The Balaban J connectivity index is 1.77. The number of carbonyl (C=O) groups is 1. The van der Waals surface area contributed by atoms with Gasteiger partial charge in [-0.15, -0.1) is 0 Å². The van der Waals surface area contributed by atoms with Crippen molar-refractivity contribution < 1.29 is 9.21 Å². The van der Waals surface area contributed by atoms with Crippen LogP contribution < -0.4 is 16.4 Å². The number of benzene rings is 1. The number of nitrogens with zero attached hydrogens (tertiary/aromatic N) is 3. The first-order valence-electron chi connectivity index (χ1n) is 12.4. The molecule has 0 radical (unpaired) electrons. The van der Waals surface area contributed by atoms with Gasteiger partial charge in [-0.25, -0.2) is 4.79 Å². The number of nitrogens with one attached hydrogen (secondary N) is 2. The highest BCUT2D eigenvalue weighted by Crippen LogP contribution is 2.28. The van der Waals surface area contributed by atoms with Gasteiger partial charge in [-0.05, 0) is 55.2 Å². The van der Waals surface area contributed by atoms with E-state index < -0.39 is 17.3 Å². The van der Waals surface area contributed by atoms with Crippen LogP contribution in [-0.2, 0) is 4.79 Å². The summed E-state index contributed by atoms with van der Waals surface area (Å²) < 4.78 is 5.20. The Hall–Kier alpha value is -2.92. The molecular formula is C27H39N5O3. The van der Waals surface area contributed by atoms with Crippen LogP contribution in [0.1, 0.15) is 67.2 Å². The van der Waals surface area contributed by atoms with Crippen LogP contribution in [0.5, 0.6) is 0 Å². The summed E-state index contributed by atoms with van der Waals surface area (Å²) in [6.45, 7) is 15.4. The zero-order chi connectivity index (χ0) is 25.9. The van der Waals surface area contributed by atoms with Gasteiger partial charge in [-0.2, -0.15) is 10.2 Å². The van der Waals surface area contributed by atoms with Crippen LogP contribution >= 0.6 is 0 Å². The largest absolute Gasteiger partial charge is 0.441 e. The minimum Gasteiger partial charge on any atom is -0.408 e. The third-order valence-electron chi connectivity index (χ3n) is 6.45. The lowest BCUT2D eigenvalue weighted by Gasteiger charge is -2.39. The molecule has 1 aliphatic heterocycles. The first-order valence-corrected chi connectivity index (χ1v) is 12.4. The second-order valence-electron chi connectivity index (χ2n) is 12.1. The highest BCUT2D eigenvalue weighted by atomic mass is 16.4. The van der Waals surface area contributed by atoms with Gasteiger partial charge in [0.2, 0.25) is 5.91 Å². The summed E-state index contributed by atoms with van der Waals surface area (Å²) in [4.78, 5) is 32.0. The second kappa shape index (κ2) is 10.4. The van der Waals surface area contributed by atoms with Crippen LogP contribution in [0.25, 0.3) is 11.0 Å². The number of amides is 1. The van der Waals surface area contributed by atoms with Crippen molar-refractivity contribution in [3.8, 4) is 6.07 Å². The van der Waals surface area contributed by atoms with E-state index in [0.717, 1.165) is 26.1 Å². The molecule has 1 aliphatic rings. The molecule has 2 aromatic rings. The molecule has 0 bridgehead atoms. The summed E-state index contributed by atoms with van der Waals surface area (Å²) in [6, 6.07) is 8.82. The maximum atomic E-state index is 13.5. The molecule has 1 fully saturated rings. The third-order valence-corrected chi connectivity index (χ3v) is 6.45. The number of anilines is 1. The molecule has 1 atom stereocenters. The molecule has 1 aromatic heterocycles. The van der Waals surface area contributed by atoms with E-state index in [1.54, 1.807) is 18.2 Å². The fraction of sp³-hybridized carbons (Fsp3) is 0.630. The van der Waals surface area contributed by atoms with E-state index in [4.69, 9.17) is 4.42 Å². The molecule has 0 aliphatic carbocycles. The highest BCUT2D eigenvalue weighted by Gasteiger charge is 2.38. The van der Waals surface area contributed by atoms with Crippen molar-refractivity contribution in [2.75, 3.05) is 25.0 Å². The van der Waals surface area contributed by atoms with Gasteiger partial charge in [-0.1, -0.05) is 53.7 Å². The van der Waals surface area contributed by atoms with E-state index in [-0.39, 0.29) is 16.7 Å². The first-order chi connectivity index (χ1) is 16.3. The molecule has 3 rings (SSSR count). The third kappa shape index (κ3) is 7.53. The van der Waals surface area contributed by atoms with E-state index in [2.05, 4.69) is 47.4 Å². The zero-order valence-electron chi connectivity index (χ0n) is 21.9. The van der Waals surface area contributed by atoms with Gasteiger partial charge in [0.05, 0.1) is 11.5 Å². The summed E-state index contributed by atoms with van der Waals surface area (Å²) in [5.74, 6) is -0.676. The van der Waals surface area contributed by atoms with Crippen LogP contribution in [0.4, 0.5) is 5.82 Å². The lowest BCUT2D eigenvalue weighted by Crippen LogP contribution is -2.58. The highest BCUT2D eigenvalue weighted by molar-refractivity contribution is 5.91. The zero-order valence-corrected chi connectivity index (χ0v) is 21.9. The van der Waals surface area contributed by atoms with E-state index in [1.165, 1.54) is 0 Å². The number of likely N-dealkylation sites (tertiary alicyclic amines) is 1. The maximum absolute atomic E-state index is 13.5. The van der Waals surface area contributed by atoms with E-state index in [0.29, 0.717) is 36.0 Å². The average molecular weight is 482 g/mol. The summed E-state index contributed by atoms with van der Waals surface area (Å²) in [6.07, 6.45) is 2.74. The minimum absolute atomic E-state index is 0.180. The van der Waals surface area contributed by atoms with Crippen LogP contribution in [0, 0.1) is 22.2 Å². The predicted molar refractivity (Wildman–Crippen MR) is 138 cm³/mol. The van der Waals surface area contributed by atoms with Gasteiger partial charge in [0.25, 0.3) is 0 Å². The fourth-order valence-corrected chi connectivity index (χ4v) is 4.36. The summed E-state index contributed by atoms with van der Waals surface area (Å²) in [5.41, 5.74) is -0.420. The van der Waals surface area contributed by atoms with E-state index >= 15 is 0 Å². The molecule has 1 saturated heterocycles. The summed E-state index contributed by atoms with van der Waals surface area (Å²) >= 11 is 0. The maximum Gasteiger partial charge on any atom is 0.441 e. The molecular weight excluding hydrogens is 442 g/mol. The molecule has 0 spiro atoms. The minimum atomic E-state index is -0.904. The SMILES string of the molecule is CC(C)(C)CCN1CCC(C#N)(NC(=O)[C@H](CC(C)(C)C)Nc2nc(=O)oc3ccccc23)CC1. The number of aromatic nitrogens is 1. The Labute approximate surface area is 208 Å². The molecule has 1 amide bonds. The van der Waals surface area contributed by atoms with Crippen molar-refractivity contribution >= 4 is 22.7 Å². The van der Waals surface area contributed by atoms with Crippen molar-refractivity contribution in [2.24, 2.45) is 10.8 Å². The molecule has 1 aromatic carbocycles. The molecule has 2 heterocycles. The quantitative estimate of drug-likeness (QED) is 0.606. The second-order valence-corrected chi connectivity index (χ2v) is 12.1. The normalized spacial score (nSPS) is 17.5. The van der Waals surface area contributed by atoms with Crippen LogP contribution in [-0.4, -0.2) is 47.0 Å². The van der Waals surface area contributed by atoms with Crippen molar-refractivity contribution in [3.05, 3.63) is 34.8 Å². The number of carbonyl (C=O) groups excluding carboxylic acids is 1. The van der Waals surface area contributed by atoms with Crippen LogP contribution in [0.2, 0.25) is 0 Å². The Morgan fingerprint density at radius 1 is 1.17 bits per heavy atom. The van der Waals surface area contributed by atoms with Crippen molar-refractivity contribution in [1.29, 1.82) is 5.26 Å². The number of hydrogen-bond acceptors (Lipinski definition) is 7. The fourth-order valence-electron chi connectivity index (χ4n) is 4.36. The van der Waals surface area contributed by atoms with Gasteiger partial charge in [0, 0.05) is 13.1 Å². The lowest BCUT2D eigenvalue weighted by atomic mass is 9.85. The number of nitriles is 1. The van der Waals surface area contributed by atoms with E-state index in [1.807, 2.05) is 26.8 Å². The molecule has 8 heteroatoms. The van der Waals surface area contributed by atoms with Crippen LogP contribution in [0.3, 0.4) is 0 Å². The molecule has 190 valence electrons. The molecule has 35 heavy (non-hydrogen) atoms. The molecule has 2 N–H and O–H groups in total. The number of fused-ring (bicyclic) bond motifs is 1. The number of rotatable bonds is 7. The molecule has 8 nitrogen and oxygen atoms in total. The van der Waals surface area contributed by atoms with Crippen LogP contribution in [0.15, 0.2) is 33.5 Å². The van der Waals surface area contributed by atoms with Crippen molar-refractivity contribution in [2.45, 2.75) is 78.8 Å². The first kappa shape index (κ1) is 26.7. The van der Waals surface area contributed by atoms with Gasteiger partial charge in [-0.3, -0.25) is 4.79 Å². The standard InChI is InChI=1S/C27H39N5O3/c1-25(2,3)11-14-32-15-12-27(18-28,13-16-32)31-23(33)20(17-26(4,5)6)29-22-19-9-7-8-10-21(19)35-24(34)30-22/h7-10,20H,11-17H2,1-6H3,(H,31,33)(H,29,30,34)/t20-/m0/s1. The number of hydrogen-bond donors (Lipinski definition) is 2. The van der Waals surface area contributed by atoms with Gasteiger partial charge in [0.15, 0.2) is 0 Å². The Kier molecular flexibility index (Phi) is 7.90. The van der Waals surface area contributed by atoms with Crippen molar-refractivity contribution in [3.63, 3.8) is 0 Å². The van der Waals surface area contributed by atoms with Gasteiger partial charge in [0.1, 0.15) is 23.0 Å². The predicted octanol–water partition coefficient (Wildman–Crippen LogP) is 4.32. The molecule has 0 saturated carbocycles. The smallest absolute Gasteiger partial charge is 0.408 e. The Morgan fingerprint density at radius 3 is 2.43 bits per heavy atom. The lowest BCUT2D eigenvalue weighted by molar-refractivity contribution is -0.124. The molecule has 0 unspecified atom stereocenters. The monoisotopic (exact) mass is 481 g/mol. The summed E-state index contributed by atoms with van der Waals surface area (Å²) in [7, 11) is 0.